The summed E-state index contributed by atoms with van der Waals surface area (Å²) in [6, 6.07) is 5.51. The molecular weight excluding hydrogens is 204 g/mol. The lowest BCUT2D eigenvalue weighted by Gasteiger charge is -2.14. The Labute approximate surface area is 95.8 Å². The third-order valence-corrected chi connectivity index (χ3v) is 2.47. The van der Waals surface area contributed by atoms with Gasteiger partial charge in [-0.3, -0.25) is 10.1 Å². The van der Waals surface area contributed by atoms with E-state index in [0.717, 1.165) is 18.4 Å². The molecule has 0 saturated carbocycles. The molecule has 0 fully saturated rings. The van der Waals surface area contributed by atoms with Crippen molar-refractivity contribution in [2.75, 3.05) is 5.32 Å². The molecule has 0 radical (unpaired) electrons. The van der Waals surface area contributed by atoms with E-state index in [4.69, 9.17) is 0 Å². The minimum absolute atomic E-state index is 0.156. The zero-order valence-electron chi connectivity index (χ0n) is 9.99. The summed E-state index contributed by atoms with van der Waals surface area (Å²) >= 11 is 0. The highest BCUT2D eigenvalue weighted by atomic mass is 16.6. The van der Waals surface area contributed by atoms with E-state index in [0.29, 0.717) is 5.69 Å². The standard InChI is InChI=1S/C12H18N2O2/c1-4-5-10(3)13-11-7-6-9(2)8-12(11)14(15)16/h6-8,10,13H,4-5H2,1-3H3. The minimum atomic E-state index is -0.339. The predicted molar refractivity (Wildman–Crippen MR) is 65.8 cm³/mol. The van der Waals surface area contributed by atoms with Crippen LogP contribution in [-0.4, -0.2) is 11.0 Å². The van der Waals surface area contributed by atoms with Crippen LogP contribution in [-0.2, 0) is 0 Å². The van der Waals surface area contributed by atoms with Gasteiger partial charge < -0.3 is 5.32 Å². The van der Waals surface area contributed by atoms with Crippen LogP contribution in [0, 0.1) is 17.0 Å². The number of nitrogens with zero attached hydrogens (tertiary/aromatic N) is 1. The van der Waals surface area contributed by atoms with Gasteiger partial charge in [-0.25, -0.2) is 0 Å². The first kappa shape index (κ1) is 12.5. The predicted octanol–water partition coefficient (Wildman–Crippen LogP) is 3.50. The maximum Gasteiger partial charge on any atom is 0.292 e. The number of anilines is 1. The van der Waals surface area contributed by atoms with Crippen LogP contribution in [0.5, 0.6) is 0 Å². The number of rotatable bonds is 5. The van der Waals surface area contributed by atoms with Gasteiger partial charge in [0, 0.05) is 12.1 Å². The number of hydrogen-bond donors (Lipinski definition) is 1. The van der Waals surface area contributed by atoms with Gasteiger partial charge >= 0.3 is 0 Å². The van der Waals surface area contributed by atoms with E-state index < -0.39 is 0 Å². The minimum Gasteiger partial charge on any atom is -0.377 e. The summed E-state index contributed by atoms with van der Waals surface area (Å²) in [5, 5.41) is 14.1. The SMILES string of the molecule is CCCC(C)Nc1ccc(C)cc1[N+](=O)[O-]. The third-order valence-electron chi connectivity index (χ3n) is 2.47. The van der Waals surface area contributed by atoms with Gasteiger partial charge in [-0.05, 0) is 31.9 Å². The molecule has 0 bridgehead atoms. The van der Waals surface area contributed by atoms with E-state index in [1.165, 1.54) is 0 Å². The summed E-state index contributed by atoms with van der Waals surface area (Å²) in [7, 11) is 0. The highest BCUT2D eigenvalue weighted by molar-refractivity contribution is 5.62. The number of benzene rings is 1. The van der Waals surface area contributed by atoms with Crippen LogP contribution in [0.15, 0.2) is 18.2 Å². The number of aryl methyl sites for hydroxylation is 1. The zero-order chi connectivity index (χ0) is 12.1. The summed E-state index contributed by atoms with van der Waals surface area (Å²) in [5.74, 6) is 0. The van der Waals surface area contributed by atoms with Crippen LogP contribution >= 0.6 is 0 Å². The van der Waals surface area contributed by atoms with Crippen molar-refractivity contribution in [3.05, 3.63) is 33.9 Å². The third kappa shape index (κ3) is 3.22. The lowest BCUT2D eigenvalue weighted by Crippen LogP contribution is -2.15. The van der Waals surface area contributed by atoms with Crippen molar-refractivity contribution in [3.63, 3.8) is 0 Å². The fraction of sp³-hybridized carbons (Fsp3) is 0.500. The number of nitro groups is 1. The number of nitro benzene ring substituents is 1. The smallest absolute Gasteiger partial charge is 0.292 e. The van der Waals surface area contributed by atoms with Crippen molar-refractivity contribution in [2.24, 2.45) is 0 Å². The molecule has 1 aromatic carbocycles. The highest BCUT2D eigenvalue weighted by Crippen LogP contribution is 2.26. The van der Waals surface area contributed by atoms with Crippen LogP contribution in [0.4, 0.5) is 11.4 Å². The maximum atomic E-state index is 10.9. The second-order valence-corrected chi connectivity index (χ2v) is 4.11. The second kappa shape index (κ2) is 5.49. The molecule has 0 aliphatic carbocycles. The lowest BCUT2D eigenvalue weighted by molar-refractivity contribution is -0.384. The largest absolute Gasteiger partial charge is 0.377 e. The van der Waals surface area contributed by atoms with Gasteiger partial charge in [-0.2, -0.15) is 0 Å². The molecule has 1 unspecified atom stereocenters. The maximum absolute atomic E-state index is 10.9. The first-order valence-electron chi connectivity index (χ1n) is 5.56. The molecule has 0 amide bonds. The van der Waals surface area contributed by atoms with Crippen LogP contribution in [0.1, 0.15) is 32.3 Å². The summed E-state index contributed by atoms with van der Waals surface area (Å²) in [6.45, 7) is 5.99. The summed E-state index contributed by atoms with van der Waals surface area (Å²) < 4.78 is 0. The highest BCUT2D eigenvalue weighted by Gasteiger charge is 2.14. The monoisotopic (exact) mass is 222 g/mol. The Hall–Kier alpha value is -1.58. The van der Waals surface area contributed by atoms with Gasteiger partial charge in [-0.1, -0.05) is 19.4 Å². The van der Waals surface area contributed by atoms with Gasteiger partial charge in [0.15, 0.2) is 0 Å². The van der Waals surface area contributed by atoms with Crippen LogP contribution < -0.4 is 5.32 Å². The van der Waals surface area contributed by atoms with Crippen molar-refractivity contribution in [2.45, 2.75) is 39.7 Å². The molecule has 0 saturated heterocycles. The van der Waals surface area contributed by atoms with E-state index in [9.17, 15) is 10.1 Å². The second-order valence-electron chi connectivity index (χ2n) is 4.11. The fourth-order valence-corrected chi connectivity index (χ4v) is 1.69. The van der Waals surface area contributed by atoms with Crippen molar-refractivity contribution < 1.29 is 4.92 Å². The van der Waals surface area contributed by atoms with E-state index in [2.05, 4.69) is 12.2 Å². The molecule has 0 aliphatic heterocycles. The average molecular weight is 222 g/mol. The first-order valence-corrected chi connectivity index (χ1v) is 5.56. The van der Waals surface area contributed by atoms with Crippen molar-refractivity contribution in [1.29, 1.82) is 0 Å². The Kier molecular flexibility index (Phi) is 4.28. The molecule has 0 heterocycles. The number of hydrogen-bond acceptors (Lipinski definition) is 3. The van der Waals surface area contributed by atoms with Gasteiger partial charge in [0.1, 0.15) is 5.69 Å². The molecule has 4 nitrogen and oxygen atoms in total. The van der Waals surface area contributed by atoms with Crippen LogP contribution in [0.3, 0.4) is 0 Å². The molecular formula is C12H18N2O2. The van der Waals surface area contributed by atoms with E-state index in [-0.39, 0.29) is 16.7 Å². The molecule has 1 aromatic rings. The van der Waals surface area contributed by atoms with Gasteiger partial charge in [0.25, 0.3) is 5.69 Å². The quantitative estimate of drug-likeness (QED) is 0.612. The molecule has 0 aliphatic rings. The Morgan fingerprint density at radius 2 is 2.19 bits per heavy atom. The fourth-order valence-electron chi connectivity index (χ4n) is 1.69. The van der Waals surface area contributed by atoms with Crippen LogP contribution in [0.2, 0.25) is 0 Å². The molecule has 4 heteroatoms. The van der Waals surface area contributed by atoms with Crippen LogP contribution in [0.25, 0.3) is 0 Å². The molecule has 0 spiro atoms. The molecule has 0 aromatic heterocycles. The van der Waals surface area contributed by atoms with Crippen molar-refractivity contribution in [1.82, 2.24) is 0 Å². The summed E-state index contributed by atoms with van der Waals surface area (Å²) in [6.07, 6.45) is 2.07. The Morgan fingerprint density at radius 3 is 2.75 bits per heavy atom. The lowest BCUT2D eigenvalue weighted by atomic mass is 10.1. The Morgan fingerprint density at radius 1 is 1.50 bits per heavy atom. The van der Waals surface area contributed by atoms with E-state index >= 15 is 0 Å². The topological polar surface area (TPSA) is 55.2 Å². The van der Waals surface area contributed by atoms with Crippen molar-refractivity contribution >= 4 is 11.4 Å². The molecule has 16 heavy (non-hydrogen) atoms. The van der Waals surface area contributed by atoms with Gasteiger partial charge in [0.05, 0.1) is 4.92 Å². The van der Waals surface area contributed by atoms with E-state index in [1.807, 2.05) is 19.9 Å². The normalized spacial score (nSPS) is 12.2. The Balaban J connectivity index is 2.90. The Bertz CT molecular complexity index is 377. The number of nitrogens with one attached hydrogen (secondary N) is 1. The summed E-state index contributed by atoms with van der Waals surface area (Å²) in [4.78, 5) is 10.5. The van der Waals surface area contributed by atoms with Gasteiger partial charge in [-0.15, -0.1) is 0 Å². The average Bonchev–Trinajstić information content (AvgIpc) is 2.20. The molecule has 1 atom stereocenters. The van der Waals surface area contributed by atoms with E-state index in [1.54, 1.807) is 12.1 Å². The van der Waals surface area contributed by atoms with Gasteiger partial charge in [0.2, 0.25) is 0 Å². The zero-order valence-corrected chi connectivity index (χ0v) is 9.99. The first-order chi connectivity index (χ1) is 7.54. The molecule has 1 rings (SSSR count). The molecule has 88 valence electrons. The molecule has 1 N–H and O–H groups in total. The van der Waals surface area contributed by atoms with Crippen molar-refractivity contribution in [3.8, 4) is 0 Å². The summed E-state index contributed by atoms with van der Waals surface area (Å²) in [5.41, 5.74) is 1.67.